The van der Waals surface area contributed by atoms with Crippen LogP contribution in [0.5, 0.6) is 5.75 Å². The first-order chi connectivity index (χ1) is 9.85. The van der Waals surface area contributed by atoms with E-state index in [9.17, 15) is 4.21 Å². The molecule has 1 aromatic rings. The van der Waals surface area contributed by atoms with E-state index in [1.807, 2.05) is 29.7 Å². The molecular weight excluding hydrogens is 288 g/mol. The van der Waals surface area contributed by atoms with Crippen LogP contribution in [-0.2, 0) is 19.7 Å². The summed E-state index contributed by atoms with van der Waals surface area (Å²) in [5, 5.41) is 1.99. The van der Waals surface area contributed by atoms with Crippen molar-refractivity contribution >= 4 is 25.8 Å². The molecule has 0 spiro atoms. The number of hydrogen-bond acceptors (Lipinski definition) is 2. The van der Waals surface area contributed by atoms with Crippen LogP contribution in [0.1, 0.15) is 51.0 Å². The highest BCUT2D eigenvalue weighted by Crippen LogP contribution is 2.28. The van der Waals surface area contributed by atoms with E-state index >= 15 is 0 Å². The largest absolute Gasteiger partial charge is 0.494 e. The zero-order valence-electron chi connectivity index (χ0n) is 12.0. The number of rotatable bonds is 8. The van der Waals surface area contributed by atoms with Gasteiger partial charge in [-0.3, -0.25) is 0 Å². The first-order valence-corrected chi connectivity index (χ1v) is 9.88. The molecule has 0 N–H and O–H groups in total. The third kappa shape index (κ3) is 4.32. The molecule has 2 nitrogen and oxygen atoms in total. The number of fused-ring (bicyclic) bond motifs is 1. The normalized spacial score (nSPS) is 16.1. The Labute approximate surface area is 126 Å². The van der Waals surface area contributed by atoms with E-state index in [4.69, 9.17) is 4.74 Å². The lowest BCUT2D eigenvalue weighted by molar-refractivity contribution is 0.304. The number of unbranched alkanes of at least 4 members (excludes halogenated alkanes) is 5. The van der Waals surface area contributed by atoms with Crippen LogP contribution in [0, 0.1) is 0 Å². The Morgan fingerprint density at radius 2 is 1.95 bits per heavy atom. The van der Waals surface area contributed by atoms with Crippen molar-refractivity contribution in [3.63, 3.8) is 0 Å². The summed E-state index contributed by atoms with van der Waals surface area (Å²) in [6, 6.07) is 6.06. The molecule has 0 radical (unpaired) electrons. The van der Waals surface area contributed by atoms with Crippen molar-refractivity contribution in [2.24, 2.45) is 0 Å². The molecule has 0 saturated heterocycles. The molecule has 1 unspecified atom stereocenters. The smallest absolute Gasteiger partial charge is 0.129 e. The molecule has 1 heterocycles. The number of ether oxygens (including phenoxy) is 1. The topological polar surface area (TPSA) is 26.3 Å². The van der Waals surface area contributed by atoms with E-state index in [1.165, 1.54) is 32.1 Å². The van der Waals surface area contributed by atoms with Crippen molar-refractivity contribution in [1.82, 2.24) is 0 Å². The molecule has 2 rings (SSSR count). The maximum atomic E-state index is 10.9. The van der Waals surface area contributed by atoms with Gasteiger partial charge >= 0.3 is 0 Å². The quantitative estimate of drug-likeness (QED) is 0.660. The van der Waals surface area contributed by atoms with Crippen molar-refractivity contribution in [2.45, 2.75) is 50.3 Å². The summed E-state index contributed by atoms with van der Waals surface area (Å²) in [6.07, 6.45) is 9.70. The Bertz CT molecular complexity index is 531. The molecule has 1 aliphatic heterocycles. The van der Waals surface area contributed by atoms with Crippen LogP contribution in [0.15, 0.2) is 28.5 Å². The molecule has 20 heavy (non-hydrogen) atoms. The van der Waals surface area contributed by atoms with E-state index in [0.29, 0.717) is 10.2 Å². The lowest BCUT2D eigenvalue weighted by Crippen LogP contribution is -1.98. The number of benzene rings is 1. The minimum atomic E-state index is -0.305. The average Bonchev–Trinajstić information content (AvgIpc) is 2.88. The molecule has 0 amide bonds. The zero-order valence-corrected chi connectivity index (χ0v) is 13.6. The van der Waals surface area contributed by atoms with Crippen LogP contribution >= 0.6 is 0 Å². The SMILES string of the molecule is CCCCCCCCOc1ccc2c(c1)C=CS2=S=O. The standard InChI is InChI=1S/C16H22O2S2/c1-2-3-4-5-6-7-11-18-15-8-9-16-14(13-15)10-12-20(16)19-17/h8-10,12-13H,2-7,11H2,1H3. The second-order valence-electron chi connectivity index (χ2n) is 4.98. The Morgan fingerprint density at radius 1 is 1.15 bits per heavy atom. The van der Waals surface area contributed by atoms with Gasteiger partial charge in [-0.2, -0.15) is 0 Å². The molecule has 1 atom stereocenters. The van der Waals surface area contributed by atoms with Gasteiger partial charge in [0.25, 0.3) is 0 Å². The van der Waals surface area contributed by atoms with Crippen molar-refractivity contribution in [2.75, 3.05) is 6.61 Å². The molecule has 0 fully saturated rings. The van der Waals surface area contributed by atoms with Crippen molar-refractivity contribution in [3.05, 3.63) is 29.2 Å². The van der Waals surface area contributed by atoms with E-state index in [2.05, 4.69) is 6.92 Å². The van der Waals surface area contributed by atoms with Gasteiger partial charge < -0.3 is 4.74 Å². The summed E-state index contributed by atoms with van der Waals surface area (Å²) in [6.45, 7) is 3.03. The minimum absolute atomic E-state index is 0.305. The van der Waals surface area contributed by atoms with Crippen molar-refractivity contribution < 1.29 is 8.95 Å². The van der Waals surface area contributed by atoms with E-state index in [0.717, 1.165) is 29.2 Å². The highest BCUT2D eigenvalue weighted by Gasteiger charge is 2.11. The van der Waals surface area contributed by atoms with E-state index in [1.54, 1.807) is 0 Å². The molecule has 1 aromatic carbocycles. The summed E-state index contributed by atoms with van der Waals surface area (Å²) >= 11 is 0. The molecule has 0 saturated carbocycles. The average molecular weight is 310 g/mol. The van der Waals surface area contributed by atoms with Gasteiger partial charge in [-0.05, 0) is 51.1 Å². The summed E-state index contributed by atoms with van der Waals surface area (Å²) in [7, 11) is 0.357. The molecule has 0 aliphatic carbocycles. The van der Waals surface area contributed by atoms with Gasteiger partial charge in [-0.15, -0.1) is 0 Å². The van der Waals surface area contributed by atoms with Gasteiger partial charge in [-0.25, -0.2) is 4.21 Å². The van der Waals surface area contributed by atoms with Gasteiger partial charge in [0.15, 0.2) is 0 Å². The van der Waals surface area contributed by atoms with Crippen LogP contribution in [0.25, 0.3) is 6.08 Å². The maximum Gasteiger partial charge on any atom is 0.129 e. The fourth-order valence-electron chi connectivity index (χ4n) is 2.27. The van der Waals surface area contributed by atoms with Crippen LogP contribution < -0.4 is 4.74 Å². The summed E-state index contributed by atoms with van der Waals surface area (Å²) in [4.78, 5) is 1.14. The Morgan fingerprint density at radius 3 is 2.75 bits per heavy atom. The molecule has 4 heteroatoms. The Hall–Kier alpha value is -0.870. The van der Waals surface area contributed by atoms with Crippen molar-refractivity contribution in [3.8, 4) is 5.75 Å². The fourth-order valence-corrected chi connectivity index (χ4v) is 4.34. The van der Waals surface area contributed by atoms with Gasteiger partial charge in [0.05, 0.1) is 6.61 Å². The van der Waals surface area contributed by atoms with Gasteiger partial charge in [0.2, 0.25) is 0 Å². The molecule has 110 valence electrons. The second-order valence-corrected chi connectivity index (χ2v) is 7.91. The molecular formula is C16H22O2S2. The monoisotopic (exact) mass is 310 g/mol. The second kappa shape index (κ2) is 8.42. The van der Waals surface area contributed by atoms with Crippen LogP contribution in [0.4, 0.5) is 0 Å². The Kier molecular flexibility index (Phi) is 6.54. The highest BCUT2D eigenvalue weighted by molar-refractivity contribution is 8.33. The lowest BCUT2D eigenvalue weighted by atomic mass is 10.1. The van der Waals surface area contributed by atoms with Crippen LogP contribution in [-0.4, -0.2) is 10.8 Å². The highest BCUT2D eigenvalue weighted by atomic mass is 32.8. The van der Waals surface area contributed by atoms with E-state index < -0.39 is 0 Å². The minimum Gasteiger partial charge on any atom is -0.494 e. The predicted molar refractivity (Wildman–Crippen MR) is 88.1 cm³/mol. The predicted octanol–water partition coefficient (Wildman–Crippen LogP) is 4.52. The fraction of sp³-hybridized carbons (Fsp3) is 0.500. The number of hydrogen-bond donors (Lipinski definition) is 0. The van der Waals surface area contributed by atoms with Gasteiger partial charge in [-0.1, -0.05) is 39.0 Å². The summed E-state index contributed by atoms with van der Waals surface area (Å²) in [5.41, 5.74) is 1.14. The van der Waals surface area contributed by atoms with Crippen LogP contribution in [0.2, 0.25) is 0 Å². The molecule has 0 aromatic heterocycles. The third-order valence-corrected chi connectivity index (χ3v) is 6.06. The first-order valence-electron chi connectivity index (χ1n) is 7.33. The maximum absolute atomic E-state index is 10.9. The van der Waals surface area contributed by atoms with Gasteiger partial charge in [0, 0.05) is 4.90 Å². The Balaban J connectivity index is 1.75. The third-order valence-electron chi connectivity index (χ3n) is 3.41. The van der Waals surface area contributed by atoms with Crippen molar-refractivity contribution in [1.29, 1.82) is 0 Å². The van der Waals surface area contributed by atoms with E-state index in [-0.39, 0.29) is 9.45 Å². The summed E-state index contributed by atoms with van der Waals surface area (Å²) in [5.74, 6) is 0.920. The summed E-state index contributed by atoms with van der Waals surface area (Å²) < 4.78 is 16.7. The lowest BCUT2D eigenvalue weighted by Gasteiger charge is -2.08. The molecule has 0 bridgehead atoms. The zero-order chi connectivity index (χ0) is 14.2. The van der Waals surface area contributed by atoms with Crippen LogP contribution in [0.3, 0.4) is 0 Å². The molecule has 1 aliphatic rings. The van der Waals surface area contributed by atoms with Gasteiger partial charge in [0.1, 0.15) is 16.0 Å². The first kappa shape index (κ1) is 15.5.